The number of carbonyl (C=O) groups excluding carboxylic acids is 1. The number of nitrogens with one attached hydrogen (secondary N) is 1. The highest BCUT2D eigenvalue weighted by Gasteiger charge is 2.33. The third-order valence-electron chi connectivity index (χ3n) is 5.89. The van der Waals surface area contributed by atoms with Gasteiger partial charge in [0.1, 0.15) is 5.75 Å². The van der Waals surface area contributed by atoms with Gasteiger partial charge >= 0.3 is 0 Å². The van der Waals surface area contributed by atoms with Crippen LogP contribution in [0.1, 0.15) is 39.0 Å². The molecule has 0 aliphatic carbocycles. The van der Waals surface area contributed by atoms with E-state index in [0.717, 1.165) is 44.5 Å². The number of piperidine rings is 2. The Kier molecular flexibility index (Phi) is 7.40. The van der Waals surface area contributed by atoms with Crippen LogP contribution in [-0.2, 0) is 14.8 Å². The first-order chi connectivity index (χ1) is 13.9. The molecule has 2 saturated heterocycles. The zero-order valence-electron chi connectivity index (χ0n) is 17.5. The third kappa shape index (κ3) is 5.63. The highest BCUT2D eigenvalue weighted by atomic mass is 32.2. The lowest BCUT2D eigenvalue weighted by Gasteiger charge is -2.36. The van der Waals surface area contributed by atoms with Crippen molar-refractivity contribution in [3.8, 4) is 5.75 Å². The minimum Gasteiger partial charge on any atom is -0.497 e. The third-order valence-corrected chi connectivity index (χ3v) is 7.93. The van der Waals surface area contributed by atoms with E-state index in [9.17, 15) is 13.2 Å². The standard InChI is InChI=1S/C21H33N3O4S/c1-3-15-29(26,27)24-12-4-5-17(16-24)21(25)22-18-10-13-23(14-11-18)19-6-8-20(28-2)9-7-19/h6-9,17-18H,3-5,10-16H2,1-2H3,(H,22,25). The topological polar surface area (TPSA) is 79.0 Å². The number of anilines is 1. The van der Waals surface area contributed by atoms with Crippen LogP contribution in [0.3, 0.4) is 0 Å². The van der Waals surface area contributed by atoms with E-state index in [1.165, 1.54) is 9.99 Å². The molecule has 1 N–H and O–H groups in total. The molecule has 0 radical (unpaired) electrons. The zero-order valence-corrected chi connectivity index (χ0v) is 18.3. The second-order valence-corrected chi connectivity index (χ2v) is 10.1. The summed E-state index contributed by atoms with van der Waals surface area (Å²) >= 11 is 0. The lowest BCUT2D eigenvalue weighted by Crippen LogP contribution is -2.50. The number of carbonyl (C=O) groups is 1. The maximum atomic E-state index is 12.8. The molecule has 29 heavy (non-hydrogen) atoms. The average molecular weight is 424 g/mol. The average Bonchev–Trinajstić information content (AvgIpc) is 2.74. The Labute approximate surface area is 174 Å². The molecule has 1 aromatic rings. The maximum Gasteiger partial charge on any atom is 0.224 e. The first-order valence-electron chi connectivity index (χ1n) is 10.6. The van der Waals surface area contributed by atoms with Crippen molar-refractivity contribution in [2.45, 2.75) is 45.1 Å². The van der Waals surface area contributed by atoms with E-state index in [1.807, 2.05) is 19.1 Å². The van der Waals surface area contributed by atoms with Gasteiger partial charge in [0.05, 0.1) is 18.8 Å². The van der Waals surface area contributed by atoms with Crippen molar-refractivity contribution in [2.24, 2.45) is 5.92 Å². The molecule has 3 rings (SSSR count). The molecule has 1 aromatic carbocycles. The molecule has 0 aromatic heterocycles. The summed E-state index contributed by atoms with van der Waals surface area (Å²) in [6.45, 7) is 4.49. The van der Waals surface area contributed by atoms with Crippen molar-refractivity contribution in [1.29, 1.82) is 0 Å². The predicted octanol–water partition coefficient (Wildman–Crippen LogP) is 2.23. The lowest BCUT2D eigenvalue weighted by molar-refractivity contribution is -0.126. The molecule has 0 saturated carbocycles. The molecule has 1 atom stereocenters. The summed E-state index contributed by atoms with van der Waals surface area (Å²) < 4.78 is 31.4. The second kappa shape index (κ2) is 9.80. The number of rotatable bonds is 7. The number of hydrogen-bond donors (Lipinski definition) is 1. The number of benzene rings is 1. The zero-order chi connectivity index (χ0) is 20.9. The van der Waals surface area contributed by atoms with Crippen molar-refractivity contribution in [3.63, 3.8) is 0 Å². The highest BCUT2D eigenvalue weighted by Crippen LogP contribution is 2.24. The van der Waals surface area contributed by atoms with E-state index >= 15 is 0 Å². The smallest absolute Gasteiger partial charge is 0.224 e. The van der Waals surface area contributed by atoms with Crippen molar-refractivity contribution in [2.75, 3.05) is 43.9 Å². The second-order valence-electron chi connectivity index (χ2n) is 7.98. The minimum absolute atomic E-state index is 0.00398. The summed E-state index contributed by atoms with van der Waals surface area (Å²) in [6, 6.07) is 8.20. The van der Waals surface area contributed by atoms with Gasteiger partial charge in [-0.25, -0.2) is 12.7 Å². The minimum atomic E-state index is -3.24. The Balaban J connectivity index is 1.49. The van der Waals surface area contributed by atoms with Gasteiger partial charge < -0.3 is 15.0 Å². The van der Waals surface area contributed by atoms with Crippen LogP contribution in [0.15, 0.2) is 24.3 Å². The number of ether oxygens (including phenoxy) is 1. The molecule has 2 heterocycles. The first-order valence-corrected chi connectivity index (χ1v) is 12.2. The van der Waals surface area contributed by atoms with Gasteiger partial charge in [0.2, 0.25) is 15.9 Å². The van der Waals surface area contributed by atoms with E-state index in [4.69, 9.17) is 4.74 Å². The number of amides is 1. The molecule has 7 nitrogen and oxygen atoms in total. The van der Waals surface area contributed by atoms with Crippen LogP contribution in [-0.4, -0.2) is 63.7 Å². The molecular formula is C21H33N3O4S. The first kappa shape index (κ1) is 21.9. The van der Waals surface area contributed by atoms with Crippen LogP contribution in [0.4, 0.5) is 5.69 Å². The van der Waals surface area contributed by atoms with E-state index in [2.05, 4.69) is 22.3 Å². The fourth-order valence-electron chi connectivity index (χ4n) is 4.19. The Bertz CT molecular complexity index is 774. The van der Waals surface area contributed by atoms with Crippen molar-refractivity contribution in [3.05, 3.63) is 24.3 Å². The Morgan fingerprint density at radius 1 is 1.14 bits per heavy atom. The number of hydrogen-bond acceptors (Lipinski definition) is 5. The number of methoxy groups -OCH3 is 1. The molecular weight excluding hydrogens is 390 g/mol. The van der Waals surface area contributed by atoms with Crippen LogP contribution < -0.4 is 15.0 Å². The number of sulfonamides is 1. The predicted molar refractivity (Wildman–Crippen MR) is 115 cm³/mol. The monoisotopic (exact) mass is 423 g/mol. The van der Waals surface area contributed by atoms with Crippen LogP contribution in [0, 0.1) is 5.92 Å². The lowest BCUT2D eigenvalue weighted by atomic mass is 9.97. The van der Waals surface area contributed by atoms with Crippen LogP contribution in [0.5, 0.6) is 5.75 Å². The van der Waals surface area contributed by atoms with Crippen molar-refractivity contribution < 1.29 is 17.9 Å². The molecule has 2 aliphatic rings. The van der Waals surface area contributed by atoms with E-state index in [1.54, 1.807) is 7.11 Å². The Morgan fingerprint density at radius 3 is 2.45 bits per heavy atom. The summed E-state index contributed by atoms with van der Waals surface area (Å²) in [4.78, 5) is 15.1. The molecule has 1 unspecified atom stereocenters. The SMILES string of the molecule is CCCS(=O)(=O)N1CCCC(C(=O)NC2CCN(c3ccc(OC)cc3)CC2)C1. The van der Waals surface area contributed by atoms with Crippen molar-refractivity contribution >= 4 is 21.6 Å². The largest absolute Gasteiger partial charge is 0.497 e. The van der Waals surface area contributed by atoms with Gasteiger partial charge in [-0.2, -0.15) is 0 Å². The van der Waals surface area contributed by atoms with Gasteiger partial charge in [0.15, 0.2) is 0 Å². The van der Waals surface area contributed by atoms with Crippen LogP contribution in [0.25, 0.3) is 0 Å². The van der Waals surface area contributed by atoms with Crippen molar-refractivity contribution in [1.82, 2.24) is 9.62 Å². The van der Waals surface area contributed by atoms with E-state index in [-0.39, 0.29) is 23.6 Å². The van der Waals surface area contributed by atoms with Crippen LogP contribution >= 0.6 is 0 Å². The Hall–Kier alpha value is -1.80. The fraction of sp³-hybridized carbons (Fsp3) is 0.667. The molecule has 2 aliphatic heterocycles. The summed E-state index contributed by atoms with van der Waals surface area (Å²) in [7, 11) is -1.58. The van der Waals surface area contributed by atoms with Gasteiger partial charge in [-0.3, -0.25) is 4.79 Å². The summed E-state index contributed by atoms with van der Waals surface area (Å²) in [6.07, 6.45) is 3.89. The summed E-state index contributed by atoms with van der Waals surface area (Å²) in [5.41, 5.74) is 1.17. The van der Waals surface area contributed by atoms with E-state index in [0.29, 0.717) is 19.5 Å². The van der Waals surface area contributed by atoms with Gasteiger partial charge in [-0.05, 0) is 56.4 Å². The fourth-order valence-corrected chi connectivity index (χ4v) is 5.78. The van der Waals surface area contributed by atoms with E-state index < -0.39 is 10.0 Å². The molecule has 0 bridgehead atoms. The molecule has 162 valence electrons. The molecule has 1 amide bonds. The summed E-state index contributed by atoms with van der Waals surface area (Å²) in [5.74, 6) is 0.767. The van der Waals surface area contributed by atoms with Gasteiger partial charge in [-0.1, -0.05) is 6.92 Å². The van der Waals surface area contributed by atoms with Gasteiger partial charge in [-0.15, -0.1) is 0 Å². The molecule has 0 spiro atoms. The Morgan fingerprint density at radius 2 is 1.83 bits per heavy atom. The van der Waals surface area contributed by atoms with Gasteiger partial charge in [0.25, 0.3) is 0 Å². The highest BCUT2D eigenvalue weighted by molar-refractivity contribution is 7.89. The summed E-state index contributed by atoms with van der Waals surface area (Å²) in [5, 5.41) is 3.18. The van der Waals surface area contributed by atoms with Gasteiger partial charge in [0, 0.05) is 37.9 Å². The maximum absolute atomic E-state index is 12.8. The molecule has 8 heteroatoms. The van der Waals surface area contributed by atoms with Crippen LogP contribution in [0.2, 0.25) is 0 Å². The quantitative estimate of drug-likeness (QED) is 0.728. The number of nitrogens with zero attached hydrogens (tertiary/aromatic N) is 2. The normalized spacial score (nSPS) is 21.7. The molecule has 2 fully saturated rings.